The van der Waals surface area contributed by atoms with E-state index in [0.717, 1.165) is 5.56 Å². The zero-order chi connectivity index (χ0) is 26.3. The molecule has 0 unspecified atom stereocenters. The van der Waals surface area contributed by atoms with Crippen LogP contribution in [0.5, 0.6) is 0 Å². The fourth-order valence-electron chi connectivity index (χ4n) is 3.87. The van der Waals surface area contributed by atoms with E-state index in [-0.39, 0.29) is 23.3 Å². The molecule has 0 aliphatic rings. The van der Waals surface area contributed by atoms with Crippen molar-refractivity contribution >= 4 is 32.9 Å². The number of benzene rings is 2. The quantitative estimate of drug-likeness (QED) is 0.360. The first-order chi connectivity index (χ1) is 17.0. The number of ether oxygens (including phenoxy) is 1. The van der Waals surface area contributed by atoms with Gasteiger partial charge in [-0.15, -0.1) is 0 Å². The van der Waals surface area contributed by atoms with Gasteiger partial charge in [0.15, 0.2) is 0 Å². The molecule has 0 saturated carbocycles. The van der Waals surface area contributed by atoms with Crippen LogP contribution in [0.3, 0.4) is 0 Å². The van der Waals surface area contributed by atoms with Crippen molar-refractivity contribution in [3.63, 3.8) is 0 Å². The van der Waals surface area contributed by atoms with E-state index in [2.05, 4.69) is 4.72 Å². The Kier molecular flexibility index (Phi) is 9.28. The Morgan fingerprint density at radius 3 is 2.28 bits per heavy atom. The standard InChI is InChI=1S/C27H34N2O6S/c1-19(2)16-29(17-20(3)4)27(31)24(15-26(30)35-18-21-8-6-5-7-9-21)28-36(32,33)23-10-11-25-22(14-23)12-13-34-25/h5-14,19-20,24,28H,15-18H2,1-4H3/t24-/m0/s1. The van der Waals surface area contributed by atoms with Crippen molar-refractivity contribution in [1.82, 2.24) is 9.62 Å². The third-order valence-corrected chi connectivity index (χ3v) is 6.90. The lowest BCUT2D eigenvalue weighted by atomic mass is 10.1. The molecule has 0 spiro atoms. The molecular weight excluding hydrogens is 480 g/mol. The van der Waals surface area contributed by atoms with Crippen LogP contribution in [0.1, 0.15) is 39.7 Å². The number of rotatable bonds is 12. The second kappa shape index (κ2) is 12.2. The smallest absolute Gasteiger partial charge is 0.308 e. The lowest BCUT2D eigenvalue weighted by Gasteiger charge is -2.30. The largest absolute Gasteiger partial charge is 0.464 e. The molecule has 0 saturated heterocycles. The van der Waals surface area contributed by atoms with Crippen molar-refractivity contribution in [3.8, 4) is 0 Å². The Morgan fingerprint density at radius 1 is 0.972 bits per heavy atom. The normalized spacial score (nSPS) is 12.7. The molecule has 9 heteroatoms. The van der Waals surface area contributed by atoms with Crippen LogP contribution in [-0.2, 0) is 31.0 Å². The molecule has 1 aromatic heterocycles. The summed E-state index contributed by atoms with van der Waals surface area (Å²) in [6.07, 6.45) is 1.05. The zero-order valence-corrected chi connectivity index (χ0v) is 22.0. The topological polar surface area (TPSA) is 106 Å². The molecule has 1 N–H and O–H groups in total. The Morgan fingerprint density at radius 2 is 1.64 bits per heavy atom. The summed E-state index contributed by atoms with van der Waals surface area (Å²) in [5.74, 6) is -0.793. The van der Waals surface area contributed by atoms with Gasteiger partial charge in [-0.2, -0.15) is 4.72 Å². The zero-order valence-electron chi connectivity index (χ0n) is 21.1. The molecule has 1 amide bonds. The Labute approximate surface area is 212 Å². The average Bonchev–Trinajstić information content (AvgIpc) is 3.29. The molecular formula is C27H34N2O6S. The molecule has 194 valence electrons. The van der Waals surface area contributed by atoms with Gasteiger partial charge in [-0.25, -0.2) is 8.42 Å². The molecule has 1 heterocycles. The van der Waals surface area contributed by atoms with Gasteiger partial charge in [0.25, 0.3) is 0 Å². The highest BCUT2D eigenvalue weighted by molar-refractivity contribution is 7.89. The number of nitrogens with one attached hydrogen (secondary N) is 1. The monoisotopic (exact) mass is 514 g/mol. The van der Waals surface area contributed by atoms with Crippen LogP contribution >= 0.6 is 0 Å². The molecule has 2 aromatic carbocycles. The Balaban J connectivity index is 1.84. The van der Waals surface area contributed by atoms with Crippen molar-refractivity contribution in [2.75, 3.05) is 13.1 Å². The lowest BCUT2D eigenvalue weighted by molar-refractivity contribution is -0.148. The number of sulfonamides is 1. The van der Waals surface area contributed by atoms with E-state index in [1.54, 1.807) is 17.0 Å². The molecule has 0 aliphatic heterocycles. The molecule has 8 nitrogen and oxygen atoms in total. The number of hydrogen-bond donors (Lipinski definition) is 1. The van der Waals surface area contributed by atoms with Crippen LogP contribution in [0.2, 0.25) is 0 Å². The van der Waals surface area contributed by atoms with Crippen LogP contribution in [0.15, 0.2) is 70.2 Å². The first kappa shape index (κ1) is 27.4. The summed E-state index contributed by atoms with van der Waals surface area (Å²) >= 11 is 0. The highest BCUT2D eigenvalue weighted by Gasteiger charge is 2.32. The predicted octanol–water partition coefficient (Wildman–Crippen LogP) is 4.35. The number of fused-ring (bicyclic) bond motifs is 1. The van der Waals surface area contributed by atoms with Crippen LogP contribution in [0, 0.1) is 11.8 Å². The second-order valence-electron chi connectivity index (χ2n) is 9.68. The summed E-state index contributed by atoms with van der Waals surface area (Å²) in [6, 6.07) is 13.9. The van der Waals surface area contributed by atoms with Gasteiger partial charge in [0.05, 0.1) is 17.6 Å². The maximum absolute atomic E-state index is 13.6. The van der Waals surface area contributed by atoms with Crippen LogP contribution < -0.4 is 4.72 Å². The molecule has 3 aromatic rings. The summed E-state index contributed by atoms with van der Waals surface area (Å²) in [5.41, 5.74) is 1.34. The SMILES string of the molecule is CC(C)CN(CC(C)C)C(=O)[C@H](CC(=O)OCc1ccccc1)NS(=O)(=O)c1ccc2occc2c1. The number of furan rings is 1. The molecule has 0 bridgehead atoms. The summed E-state index contributed by atoms with van der Waals surface area (Å²) in [4.78, 5) is 27.9. The van der Waals surface area contributed by atoms with Crippen molar-refractivity contribution in [1.29, 1.82) is 0 Å². The van der Waals surface area contributed by atoms with Crippen LogP contribution in [0.4, 0.5) is 0 Å². The fourth-order valence-corrected chi connectivity index (χ4v) is 5.09. The first-order valence-corrected chi connectivity index (χ1v) is 13.5. The summed E-state index contributed by atoms with van der Waals surface area (Å²) in [5, 5.41) is 0.615. The third-order valence-electron chi connectivity index (χ3n) is 5.43. The van der Waals surface area contributed by atoms with Crippen LogP contribution in [-0.4, -0.2) is 44.3 Å². The third kappa shape index (κ3) is 7.66. The Hall–Kier alpha value is -3.17. The molecule has 1 atom stereocenters. The van der Waals surface area contributed by atoms with E-state index in [0.29, 0.717) is 24.1 Å². The maximum Gasteiger partial charge on any atom is 0.308 e. The maximum atomic E-state index is 13.6. The van der Waals surface area contributed by atoms with E-state index >= 15 is 0 Å². The van der Waals surface area contributed by atoms with Gasteiger partial charge in [-0.05, 0) is 41.7 Å². The van der Waals surface area contributed by atoms with E-state index in [1.165, 1.54) is 18.4 Å². The van der Waals surface area contributed by atoms with E-state index in [4.69, 9.17) is 9.15 Å². The number of carbonyl (C=O) groups excluding carboxylic acids is 2. The number of hydrogen-bond acceptors (Lipinski definition) is 6. The van der Waals surface area contributed by atoms with Crippen molar-refractivity contribution in [3.05, 3.63) is 66.4 Å². The minimum Gasteiger partial charge on any atom is -0.464 e. The van der Waals surface area contributed by atoms with E-state index in [1.807, 2.05) is 58.0 Å². The first-order valence-electron chi connectivity index (χ1n) is 12.0. The van der Waals surface area contributed by atoms with Gasteiger partial charge >= 0.3 is 5.97 Å². The van der Waals surface area contributed by atoms with Gasteiger partial charge in [0.1, 0.15) is 18.2 Å². The van der Waals surface area contributed by atoms with Gasteiger partial charge < -0.3 is 14.1 Å². The summed E-state index contributed by atoms with van der Waals surface area (Å²) < 4.78 is 39.7. The summed E-state index contributed by atoms with van der Waals surface area (Å²) in [6.45, 7) is 8.83. The van der Waals surface area contributed by atoms with E-state index < -0.39 is 34.4 Å². The van der Waals surface area contributed by atoms with E-state index in [9.17, 15) is 18.0 Å². The summed E-state index contributed by atoms with van der Waals surface area (Å²) in [7, 11) is -4.12. The molecule has 3 rings (SSSR count). The van der Waals surface area contributed by atoms with Gasteiger partial charge in [-0.1, -0.05) is 58.0 Å². The fraction of sp³-hybridized carbons (Fsp3) is 0.407. The minimum atomic E-state index is -4.12. The van der Waals surface area contributed by atoms with Gasteiger partial charge in [-0.3, -0.25) is 9.59 Å². The van der Waals surface area contributed by atoms with Crippen LogP contribution in [0.25, 0.3) is 11.0 Å². The number of amides is 1. The Bertz CT molecular complexity index is 1260. The predicted molar refractivity (Wildman–Crippen MR) is 137 cm³/mol. The highest BCUT2D eigenvalue weighted by Crippen LogP contribution is 2.21. The molecule has 36 heavy (non-hydrogen) atoms. The van der Waals surface area contributed by atoms with Crippen molar-refractivity contribution in [2.24, 2.45) is 11.8 Å². The lowest BCUT2D eigenvalue weighted by Crippen LogP contribution is -2.51. The number of carbonyl (C=O) groups is 2. The highest BCUT2D eigenvalue weighted by atomic mass is 32.2. The number of nitrogens with zero attached hydrogens (tertiary/aromatic N) is 1. The second-order valence-corrected chi connectivity index (χ2v) is 11.4. The van der Waals surface area contributed by atoms with Crippen molar-refractivity contribution in [2.45, 2.75) is 51.7 Å². The average molecular weight is 515 g/mol. The number of esters is 1. The molecule has 0 radical (unpaired) electrons. The van der Waals surface area contributed by atoms with Gasteiger partial charge in [0.2, 0.25) is 15.9 Å². The minimum absolute atomic E-state index is 0.0221. The van der Waals surface area contributed by atoms with Crippen molar-refractivity contribution < 1.29 is 27.2 Å². The molecule has 0 aliphatic carbocycles. The molecule has 0 fully saturated rings. The van der Waals surface area contributed by atoms with Gasteiger partial charge in [0, 0.05) is 18.5 Å².